The van der Waals surface area contributed by atoms with Gasteiger partial charge >= 0.3 is 0 Å². The van der Waals surface area contributed by atoms with Crippen molar-refractivity contribution in [2.45, 2.75) is 19.4 Å². The SMILES string of the molecule is COc1ccc(CC(N)c2cscc2C)cc1Br. The summed E-state index contributed by atoms with van der Waals surface area (Å²) in [7, 11) is 1.67. The second kappa shape index (κ2) is 5.87. The highest BCUT2D eigenvalue weighted by molar-refractivity contribution is 9.10. The predicted molar refractivity (Wildman–Crippen MR) is 80.4 cm³/mol. The van der Waals surface area contributed by atoms with E-state index in [1.54, 1.807) is 18.4 Å². The molecule has 18 heavy (non-hydrogen) atoms. The minimum Gasteiger partial charge on any atom is -0.496 e. The van der Waals surface area contributed by atoms with Gasteiger partial charge in [0.1, 0.15) is 5.75 Å². The molecule has 1 aromatic heterocycles. The van der Waals surface area contributed by atoms with Crippen LogP contribution in [-0.2, 0) is 6.42 Å². The number of hydrogen-bond acceptors (Lipinski definition) is 3. The van der Waals surface area contributed by atoms with Crippen molar-refractivity contribution >= 4 is 27.3 Å². The Kier molecular flexibility index (Phi) is 4.43. The second-order valence-electron chi connectivity index (χ2n) is 4.29. The van der Waals surface area contributed by atoms with Crippen LogP contribution in [0.15, 0.2) is 33.4 Å². The van der Waals surface area contributed by atoms with E-state index >= 15 is 0 Å². The third-order valence-corrected chi connectivity index (χ3v) is 4.47. The van der Waals surface area contributed by atoms with E-state index in [-0.39, 0.29) is 6.04 Å². The van der Waals surface area contributed by atoms with Crippen molar-refractivity contribution in [3.63, 3.8) is 0 Å². The highest BCUT2D eigenvalue weighted by Crippen LogP contribution is 2.28. The summed E-state index contributed by atoms with van der Waals surface area (Å²) in [6.45, 7) is 2.11. The Labute approximate surface area is 120 Å². The van der Waals surface area contributed by atoms with Gasteiger partial charge in [0, 0.05) is 6.04 Å². The van der Waals surface area contributed by atoms with Gasteiger partial charge in [0.05, 0.1) is 11.6 Å². The smallest absolute Gasteiger partial charge is 0.133 e. The Morgan fingerprint density at radius 2 is 2.17 bits per heavy atom. The van der Waals surface area contributed by atoms with Crippen LogP contribution in [0.4, 0.5) is 0 Å². The van der Waals surface area contributed by atoms with Crippen molar-refractivity contribution in [2.24, 2.45) is 5.73 Å². The molecule has 1 aromatic carbocycles. The summed E-state index contributed by atoms with van der Waals surface area (Å²) in [4.78, 5) is 0. The molecule has 4 heteroatoms. The molecule has 1 atom stereocenters. The van der Waals surface area contributed by atoms with Crippen molar-refractivity contribution < 1.29 is 4.74 Å². The Hall–Kier alpha value is -0.840. The van der Waals surface area contributed by atoms with Crippen molar-refractivity contribution in [1.82, 2.24) is 0 Å². The molecule has 0 aliphatic heterocycles. The van der Waals surface area contributed by atoms with E-state index in [4.69, 9.17) is 10.5 Å². The maximum absolute atomic E-state index is 6.25. The minimum absolute atomic E-state index is 0.0524. The molecule has 0 saturated heterocycles. The number of hydrogen-bond donors (Lipinski definition) is 1. The Morgan fingerprint density at radius 3 is 2.72 bits per heavy atom. The fourth-order valence-corrected chi connectivity index (χ4v) is 3.45. The van der Waals surface area contributed by atoms with E-state index in [1.807, 2.05) is 6.07 Å². The van der Waals surface area contributed by atoms with E-state index in [0.717, 1.165) is 16.6 Å². The topological polar surface area (TPSA) is 35.2 Å². The lowest BCUT2D eigenvalue weighted by molar-refractivity contribution is 0.412. The molecule has 0 spiro atoms. The van der Waals surface area contributed by atoms with Crippen LogP contribution in [0.3, 0.4) is 0 Å². The molecule has 0 aliphatic rings. The van der Waals surface area contributed by atoms with Crippen LogP contribution < -0.4 is 10.5 Å². The molecule has 2 aromatic rings. The van der Waals surface area contributed by atoms with Crippen LogP contribution in [0.1, 0.15) is 22.7 Å². The van der Waals surface area contributed by atoms with E-state index in [9.17, 15) is 0 Å². The lowest BCUT2D eigenvalue weighted by atomic mass is 9.99. The Balaban J connectivity index is 2.15. The van der Waals surface area contributed by atoms with Gasteiger partial charge in [-0.25, -0.2) is 0 Å². The lowest BCUT2D eigenvalue weighted by Crippen LogP contribution is -2.13. The number of rotatable bonds is 4. The number of thiophene rings is 1. The fourth-order valence-electron chi connectivity index (χ4n) is 1.95. The van der Waals surface area contributed by atoms with Crippen LogP contribution in [0.2, 0.25) is 0 Å². The molecule has 2 N–H and O–H groups in total. The van der Waals surface area contributed by atoms with Crippen LogP contribution in [0.5, 0.6) is 5.75 Å². The molecule has 1 unspecified atom stereocenters. The van der Waals surface area contributed by atoms with Gasteiger partial charge in [-0.05, 0) is 68.9 Å². The van der Waals surface area contributed by atoms with Gasteiger partial charge in [-0.2, -0.15) is 11.3 Å². The van der Waals surface area contributed by atoms with Crippen molar-refractivity contribution in [3.8, 4) is 5.75 Å². The maximum Gasteiger partial charge on any atom is 0.133 e. The number of aryl methyl sites for hydroxylation is 1. The zero-order chi connectivity index (χ0) is 13.1. The first-order valence-electron chi connectivity index (χ1n) is 5.72. The molecule has 96 valence electrons. The summed E-state index contributed by atoms with van der Waals surface area (Å²) in [6.07, 6.45) is 0.833. The van der Waals surface area contributed by atoms with E-state index < -0.39 is 0 Å². The summed E-state index contributed by atoms with van der Waals surface area (Å²) in [5, 5.41) is 4.28. The standard InChI is InChI=1S/C14H16BrNOS/c1-9-7-18-8-11(9)13(16)6-10-3-4-14(17-2)12(15)5-10/h3-5,7-8,13H,6,16H2,1-2H3. The molecule has 0 amide bonds. The van der Waals surface area contributed by atoms with Gasteiger partial charge in [-0.15, -0.1) is 0 Å². The average Bonchev–Trinajstić information content (AvgIpc) is 2.76. The first-order valence-corrected chi connectivity index (χ1v) is 7.46. The van der Waals surface area contributed by atoms with Gasteiger partial charge in [0.15, 0.2) is 0 Å². The van der Waals surface area contributed by atoms with Crippen molar-refractivity contribution in [1.29, 1.82) is 0 Å². The average molecular weight is 326 g/mol. The molecule has 0 radical (unpaired) electrons. The van der Waals surface area contributed by atoms with Gasteiger partial charge < -0.3 is 10.5 Å². The molecule has 0 saturated carbocycles. The van der Waals surface area contributed by atoms with Gasteiger partial charge in [-0.3, -0.25) is 0 Å². The fraction of sp³-hybridized carbons (Fsp3) is 0.286. The highest BCUT2D eigenvalue weighted by atomic mass is 79.9. The number of halogens is 1. The molecule has 1 heterocycles. The van der Waals surface area contributed by atoms with Crippen LogP contribution >= 0.6 is 27.3 Å². The first-order chi connectivity index (χ1) is 8.61. The quantitative estimate of drug-likeness (QED) is 0.919. The zero-order valence-corrected chi connectivity index (χ0v) is 12.8. The summed E-state index contributed by atoms with van der Waals surface area (Å²) in [6, 6.07) is 6.15. The molecular weight excluding hydrogens is 310 g/mol. The predicted octanol–water partition coefficient (Wildman–Crippen LogP) is 4.07. The van der Waals surface area contributed by atoms with E-state index in [2.05, 4.69) is 45.7 Å². The van der Waals surface area contributed by atoms with Crippen molar-refractivity contribution in [2.75, 3.05) is 7.11 Å². The summed E-state index contributed by atoms with van der Waals surface area (Å²) in [5.41, 5.74) is 9.98. The number of nitrogens with two attached hydrogens (primary N) is 1. The number of ether oxygens (including phenoxy) is 1. The molecule has 2 rings (SSSR count). The monoisotopic (exact) mass is 325 g/mol. The number of benzene rings is 1. The summed E-state index contributed by atoms with van der Waals surface area (Å²) in [5.74, 6) is 0.846. The van der Waals surface area contributed by atoms with Crippen LogP contribution in [-0.4, -0.2) is 7.11 Å². The summed E-state index contributed by atoms with van der Waals surface area (Å²) >= 11 is 5.20. The lowest BCUT2D eigenvalue weighted by Gasteiger charge is -2.13. The van der Waals surface area contributed by atoms with Crippen molar-refractivity contribution in [3.05, 3.63) is 50.1 Å². The third kappa shape index (κ3) is 2.94. The van der Waals surface area contributed by atoms with E-state index in [0.29, 0.717) is 0 Å². The second-order valence-corrected chi connectivity index (χ2v) is 5.89. The van der Waals surface area contributed by atoms with Crippen LogP contribution in [0.25, 0.3) is 0 Å². The molecular formula is C14H16BrNOS. The largest absolute Gasteiger partial charge is 0.496 e. The minimum atomic E-state index is 0.0524. The molecule has 0 bridgehead atoms. The van der Waals surface area contributed by atoms with E-state index in [1.165, 1.54) is 16.7 Å². The normalized spacial score (nSPS) is 12.4. The third-order valence-electron chi connectivity index (χ3n) is 2.97. The highest BCUT2D eigenvalue weighted by Gasteiger charge is 2.11. The van der Waals surface area contributed by atoms with Crippen LogP contribution in [0, 0.1) is 6.92 Å². The molecule has 0 fully saturated rings. The van der Waals surface area contributed by atoms with Gasteiger partial charge in [-0.1, -0.05) is 6.07 Å². The number of methoxy groups -OCH3 is 1. The van der Waals surface area contributed by atoms with Gasteiger partial charge in [0.25, 0.3) is 0 Å². The zero-order valence-electron chi connectivity index (χ0n) is 10.4. The molecule has 0 aliphatic carbocycles. The Morgan fingerprint density at radius 1 is 1.39 bits per heavy atom. The molecule has 2 nitrogen and oxygen atoms in total. The van der Waals surface area contributed by atoms with Gasteiger partial charge in [0.2, 0.25) is 0 Å². The maximum atomic E-state index is 6.25. The summed E-state index contributed by atoms with van der Waals surface area (Å²) < 4.78 is 6.19. The Bertz CT molecular complexity index is 538. The first kappa shape index (κ1) is 13.6.